The van der Waals surface area contributed by atoms with E-state index in [1.54, 1.807) is 0 Å². The molecule has 1 spiro atoms. The van der Waals surface area contributed by atoms with Gasteiger partial charge in [0.15, 0.2) is 0 Å². The first-order valence-corrected chi connectivity index (χ1v) is 21.6. The van der Waals surface area contributed by atoms with E-state index in [1.807, 2.05) is 0 Å². The van der Waals surface area contributed by atoms with Gasteiger partial charge in [0, 0.05) is 17.1 Å². The summed E-state index contributed by atoms with van der Waals surface area (Å²) in [5.74, 6) is 0. The van der Waals surface area contributed by atoms with Crippen molar-refractivity contribution in [3.63, 3.8) is 0 Å². The van der Waals surface area contributed by atoms with Crippen molar-refractivity contribution in [3.8, 4) is 33.4 Å². The van der Waals surface area contributed by atoms with Gasteiger partial charge in [0.25, 0.3) is 0 Å². The van der Waals surface area contributed by atoms with Crippen LogP contribution < -0.4 is 4.90 Å². The molecule has 3 aliphatic rings. The molecule has 0 radical (unpaired) electrons. The van der Waals surface area contributed by atoms with E-state index in [1.165, 1.54) is 100 Å². The van der Waals surface area contributed by atoms with E-state index in [0.29, 0.717) is 0 Å². The zero-order valence-electron chi connectivity index (χ0n) is 35.0. The second-order valence-corrected chi connectivity index (χ2v) is 17.4. The van der Waals surface area contributed by atoms with Crippen molar-refractivity contribution in [2.45, 2.75) is 38.5 Å². The van der Waals surface area contributed by atoms with E-state index in [0.717, 1.165) is 17.1 Å². The Bertz CT molecular complexity index is 3130. The van der Waals surface area contributed by atoms with E-state index < -0.39 is 10.8 Å². The highest BCUT2D eigenvalue weighted by atomic mass is 15.1. The molecule has 0 atom stereocenters. The van der Waals surface area contributed by atoms with Crippen LogP contribution in [-0.2, 0) is 10.8 Å². The predicted molar refractivity (Wildman–Crippen MR) is 254 cm³/mol. The third-order valence-corrected chi connectivity index (χ3v) is 14.1. The number of rotatable bonds is 5. The van der Waals surface area contributed by atoms with Crippen molar-refractivity contribution in [1.29, 1.82) is 0 Å². The first-order valence-electron chi connectivity index (χ1n) is 21.6. The van der Waals surface area contributed by atoms with Gasteiger partial charge in [-0.1, -0.05) is 175 Å². The minimum atomic E-state index is -0.512. The maximum atomic E-state index is 2.52. The van der Waals surface area contributed by atoms with Gasteiger partial charge in [-0.05, 0) is 153 Å². The highest BCUT2D eigenvalue weighted by Crippen LogP contribution is 2.65. The molecule has 9 aromatic carbocycles. The van der Waals surface area contributed by atoms with Crippen LogP contribution in [0.4, 0.5) is 17.1 Å². The van der Waals surface area contributed by atoms with Crippen molar-refractivity contribution >= 4 is 17.1 Å². The molecule has 0 aliphatic heterocycles. The standard InChI is InChI=1S/C60H45N/c1-38-24-28-42(29-25-38)59(43-30-26-39(2)27-31-43)53-22-10-8-18-47(53)49-34-32-45(36-55(49)59)61(44-16-6-5-7-17-44)46-33-35-50-48-19-9-11-23-54(48)60(56(50)37-46)57-40(3)14-12-20-51(57)52-21-13-15-41(4)58(52)60/h5-37H,1-4H3. The molecular weight excluding hydrogens is 735 g/mol. The van der Waals surface area contributed by atoms with Gasteiger partial charge in [0.1, 0.15) is 0 Å². The molecule has 1 nitrogen and oxygen atoms in total. The van der Waals surface area contributed by atoms with Crippen LogP contribution in [0.25, 0.3) is 33.4 Å². The van der Waals surface area contributed by atoms with Gasteiger partial charge in [0.2, 0.25) is 0 Å². The minimum absolute atomic E-state index is 0.447. The number of aryl methyl sites for hydroxylation is 4. The van der Waals surface area contributed by atoms with E-state index in [9.17, 15) is 0 Å². The fourth-order valence-corrected chi connectivity index (χ4v) is 11.7. The summed E-state index contributed by atoms with van der Waals surface area (Å²) < 4.78 is 0. The lowest BCUT2D eigenvalue weighted by atomic mass is 9.67. The molecule has 0 saturated carbocycles. The van der Waals surface area contributed by atoms with Crippen LogP contribution >= 0.6 is 0 Å². The van der Waals surface area contributed by atoms with Crippen molar-refractivity contribution < 1.29 is 0 Å². The Morgan fingerprint density at radius 1 is 0.295 bits per heavy atom. The summed E-state index contributed by atoms with van der Waals surface area (Å²) in [6.07, 6.45) is 0. The SMILES string of the molecule is Cc1ccc(C2(c3ccc(C)cc3)c3ccccc3-c3ccc(N(c4ccccc4)c4ccc5c(c4)C4(c6ccccc6-5)c5c(C)cccc5-c5cccc(C)c54)cc32)cc1. The summed E-state index contributed by atoms with van der Waals surface area (Å²) in [6, 6.07) is 75.9. The molecule has 61 heavy (non-hydrogen) atoms. The van der Waals surface area contributed by atoms with Gasteiger partial charge in [-0.25, -0.2) is 0 Å². The van der Waals surface area contributed by atoms with Gasteiger partial charge < -0.3 is 4.90 Å². The first-order chi connectivity index (χ1) is 29.9. The first kappa shape index (κ1) is 35.7. The van der Waals surface area contributed by atoms with Crippen LogP contribution in [0.3, 0.4) is 0 Å². The molecule has 0 N–H and O–H groups in total. The van der Waals surface area contributed by atoms with Gasteiger partial charge in [-0.2, -0.15) is 0 Å². The molecule has 3 aliphatic carbocycles. The number of hydrogen-bond acceptors (Lipinski definition) is 1. The lowest BCUT2D eigenvalue weighted by molar-refractivity contribution is 0.767. The number of anilines is 3. The maximum Gasteiger partial charge on any atom is 0.0731 e. The van der Waals surface area contributed by atoms with Crippen LogP contribution in [-0.4, -0.2) is 0 Å². The van der Waals surface area contributed by atoms with Crippen LogP contribution in [0.5, 0.6) is 0 Å². The molecule has 0 unspecified atom stereocenters. The monoisotopic (exact) mass is 779 g/mol. The topological polar surface area (TPSA) is 3.24 Å². The fourth-order valence-electron chi connectivity index (χ4n) is 11.7. The normalized spacial score (nSPS) is 14.2. The highest BCUT2D eigenvalue weighted by molar-refractivity contribution is 5.98. The molecule has 9 aromatic rings. The molecule has 0 heterocycles. The Kier molecular flexibility index (Phi) is 7.69. The summed E-state index contributed by atoms with van der Waals surface area (Å²) in [4.78, 5) is 2.49. The van der Waals surface area contributed by atoms with Crippen LogP contribution in [0, 0.1) is 27.7 Å². The van der Waals surface area contributed by atoms with E-state index in [2.05, 4.69) is 233 Å². The molecule has 1 heteroatoms. The van der Waals surface area contributed by atoms with Crippen LogP contribution in [0.15, 0.2) is 200 Å². The minimum Gasteiger partial charge on any atom is -0.310 e. The Morgan fingerprint density at radius 2 is 0.705 bits per heavy atom. The Morgan fingerprint density at radius 3 is 1.21 bits per heavy atom. The number of nitrogens with zero attached hydrogens (tertiary/aromatic N) is 1. The van der Waals surface area contributed by atoms with Gasteiger partial charge in [-0.3, -0.25) is 0 Å². The average Bonchev–Trinajstić information content (AvgIpc) is 3.88. The van der Waals surface area contributed by atoms with Crippen LogP contribution in [0.1, 0.15) is 66.8 Å². The van der Waals surface area contributed by atoms with Crippen molar-refractivity contribution in [3.05, 3.63) is 267 Å². The summed E-state index contributed by atoms with van der Waals surface area (Å²) >= 11 is 0. The highest BCUT2D eigenvalue weighted by Gasteiger charge is 2.53. The van der Waals surface area contributed by atoms with E-state index in [-0.39, 0.29) is 0 Å². The average molecular weight is 780 g/mol. The molecule has 0 aromatic heterocycles. The second kappa shape index (κ2) is 13.1. The quantitative estimate of drug-likeness (QED) is 0.168. The lowest BCUT2D eigenvalue weighted by Gasteiger charge is -2.35. The van der Waals surface area contributed by atoms with E-state index in [4.69, 9.17) is 0 Å². The fraction of sp³-hybridized carbons (Fsp3) is 0.100. The van der Waals surface area contributed by atoms with Gasteiger partial charge in [0.05, 0.1) is 10.8 Å². The molecule has 0 bridgehead atoms. The Balaban J connectivity index is 1.14. The smallest absolute Gasteiger partial charge is 0.0731 e. The Labute approximate surface area is 359 Å². The zero-order valence-corrected chi connectivity index (χ0v) is 35.0. The van der Waals surface area contributed by atoms with Gasteiger partial charge in [-0.15, -0.1) is 0 Å². The van der Waals surface area contributed by atoms with Crippen molar-refractivity contribution in [1.82, 2.24) is 0 Å². The lowest BCUT2D eigenvalue weighted by Crippen LogP contribution is -2.29. The number of benzene rings is 9. The van der Waals surface area contributed by atoms with Gasteiger partial charge >= 0.3 is 0 Å². The molecule has 0 amide bonds. The molecule has 290 valence electrons. The largest absolute Gasteiger partial charge is 0.310 e. The predicted octanol–water partition coefficient (Wildman–Crippen LogP) is 15.1. The molecule has 12 rings (SSSR count). The number of fused-ring (bicyclic) bond motifs is 13. The van der Waals surface area contributed by atoms with Crippen molar-refractivity contribution in [2.24, 2.45) is 0 Å². The summed E-state index contributed by atoms with van der Waals surface area (Å²) in [5.41, 5.74) is 26.2. The number of hydrogen-bond donors (Lipinski definition) is 0. The number of para-hydroxylation sites is 1. The second-order valence-electron chi connectivity index (χ2n) is 17.4. The van der Waals surface area contributed by atoms with Crippen molar-refractivity contribution in [2.75, 3.05) is 4.90 Å². The van der Waals surface area contributed by atoms with E-state index >= 15 is 0 Å². The molecule has 0 saturated heterocycles. The molecule has 0 fully saturated rings. The molecular formula is C60H45N. The summed E-state index contributed by atoms with van der Waals surface area (Å²) in [5, 5.41) is 0. The Hall–Kier alpha value is -7.22. The summed E-state index contributed by atoms with van der Waals surface area (Å²) in [6.45, 7) is 8.97. The zero-order chi connectivity index (χ0) is 41.0. The third kappa shape index (κ3) is 4.78. The summed E-state index contributed by atoms with van der Waals surface area (Å²) in [7, 11) is 0. The maximum absolute atomic E-state index is 2.52. The third-order valence-electron chi connectivity index (χ3n) is 14.1. The van der Waals surface area contributed by atoms with Crippen LogP contribution in [0.2, 0.25) is 0 Å².